The Morgan fingerprint density at radius 1 is 1.24 bits per heavy atom. The number of halogens is 3. The Kier molecular flexibility index (Phi) is 3.67. The molecule has 0 amide bonds. The number of carboxylic acid groups (broad SMARTS) is 1. The highest BCUT2D eigenvalue weighted by Gasteiger charge is 2.30. The summed E-state index contributed by atoms with van der Waals surface area (Å²) >= 11 is 0. The molecule has 17 heavy (non-hydrogen) atoms. The first-order valence-corrected chi connectivity index (χ1v) is 4.42. The van der Waals surface area contributed by atoms with Gasteiger partial charge in [-0.3, -0.25) is 4.79 Å². The average Bonchev–Trinajstić information content (AvgIpc) is 2.24. The highest BCUT2D eigenvalue weighted by molar-refractivity contribution is 5.89. The van der Waals surface area contributed by atoms with Crippen molar-refractivity contribution in [2.75, 3.05) is 0 Å². The molecule has 0 saturated carbocycles. The summed E-state index contributed by atoms with van der Waals surface area (Å²) in [6.45, 7) is 0. The fourth-order valence-electron chi connectivity index (χ4n) is 1.16. The monoisotopic (exact) mass is 244 g/mol. The molecule has 0 bridgehead atoms. The van der Waals surface area contributed by atoms with Crippen molar-refractivity contribution >= 4 is 18.3 Å². The molecule has 0 fully saturated rings. The lowest BCUT2D eigenvalue weighted by molar-refractivity contribution is -0.137. The van der Waals surface area contributed by atoms with E-state index in [9.17, 15) is 22.8 Å². The van der Waals surface area contributed by atoms with Crippen molar-refractivity contribution < 1.29 is 27.9 Å². The molecule has 0 aliphatic carbocycles. The SMILES string of the molecule is O=Cc1ccc(C(F)(F)F)cc1C=CC(=O)O. The first kappa shape index (κ1) is 13.0. The highest BCUT2D eigenvalue weighted by Crippen LogP contribution is 2.30. The van der Waals surface area contributed by atoms with E-state index in [-0.39, 0.29) is 11.1 Å². The Morgan fingerprint density at radius 3 is 2.35 bits per heavy atom. The van der Waals surface area contributed by atoms with Crippen LogP contribution < -0.4 is 0 Å². The van der Waals surface area contributed by atoms with E-state index >= 15 is 0 Å². The quantitative estimate of drug-likeness (QED) is 0.656. The number of hydrogen-bond acceptors (Lipinski definition) is 2. The van der Waals surface area contributed by atoms with E-state index in [1.807, 2.05) is 0 Å². The number of alkyl halides is 3. The van der Waals surface area contributed by atoms with Crippen molar-refractivity contribution in [3.63, 3.8) is 0 Å². The van der Waals surface area contributed by atoms with Gasteiger partial charge in [0.2, 0.25) is 0 Å². The summed E-state index contributed by atoms with van der Waals surface area (Å²) in [7, 11) is 0. The van der Waals surface area contributed by atoms with Crippen LogP contribution in [-0.2, 0) is 11.0 Å². The van der Waals surface area contributed by atoms with Crippen molar-refractivity contribution in [1.29, 1.82) is 0 Å². The molecule has 0 unspecified atom stereocenters. The van der Waals surface area contributed by atoms with Crippen molar-refractivity contribution in [3.05, 3.63) is 41.0 Å². The lowest BCUT2D eigenvalue weighted by atomic mass is 10.0. The van der Waals surface area contributed by atoms with E-state index in [2.05, 4.69) is 0 Å². The minimum atomic E-state index is -4.53. The fraction of sp³-hybridized carbons (Fsp3) is 0.0909. The molecule has 6 heteroatoms. The van der Waals surface area contributed by atoms with Crippen LogP contribution in [0.15, 0.2) is 24.3 Å². The average molecular weight is 244 g/mol. The second-order valence-corrected chi connectivity index (χ2v) is 3.13. The van der Waals surface area contributed by atoms with Crippen molar-refractivity contribution in [1.82, 2.24) is 0 Å². The summed E-state index contributed by atoms with van der Waals surface area (Å²) < 4.78 is 37.1. The largest absolute Gasteiger partial charge is 0.478 e. The molecule has 0 aliphatic heterocycles. The normalized spacial score (nSPS) is 11.7. The van der Waals surface area contributed by atoms with E-state index < -0.39 is 17.7 Å². The molecular formula is C11H7F3O3. The Morgan fingerprint density at radius 2 is 1.88 bits per heavy atom. The van der Waals surface area contributed by atoms with Gasteiger partial charge >= 0.3 is 12.1 Å². The molecule has 1 rings (SSSR count). The first-order valence-electron chi connectivity index (χ1n) is 4.42. The number of carbonyl (C=O) groups is 2. The van der Waals surface area contributed by atoms with Crippen LogP contribution in [0.3, 0.4) is 0 Å². The molecule has 0 heterocycles. The van der Waals surface area contributed by atoms with Gasteiger partial charge < -0.3 is 5.11 Å². The molecule has 90 valence electrons. The topological polar surface area (TPSA) is 54.4 Å². The van der Waals surface area contributed by atoms with Gasteiger partial charge in [-0.05, 0) is 23.8 Å². The molecule has 0 aliphatic rings. The number of aldehydes is 1. The van der Waals surface area contributed by atoms with Crippen LogP contribution in [0.4, 0.5) is 13.2 Å². The zero-order chi connectivity index (χ0) is 13.1. The lowest BCUT2D eigenvalue weighted by Crippen LogP contribution is -2.05. The second-order valence-electron chi connectivity index (χ2n) is 3.13. The van der Waals surface area contributed by atoms with Gasteiger partial charge in [-0.15, -0.1) is 0 Å². The Hall–Kier alpha value is -2.11. The van der Waals surface area contributed by atoms with Gasteiger partial charge in [0.1, 0.15) is 0 Å². The van der Waals surface area contributed by atoms with Crippen LogP contribution in [0.5, 0.6) is 0 Å². The summed E-state index contributed by atoms with van der Waals surface area (Å²) in [4.78, 5) is 20.8. The van der Waals surface area contributed by atoms with Gasteiger partial charge in [-0.2, -0.15) is 13.2 Å². The van der Waals surface area contributed by atoms with Gasteiger partial charge in [-0.25, -0.2) is 4.79 Å². The van der Waals surface area contributed by atoms with Gasteiger partial charge in [0, 0.05) is 11.6 Å². The smallest absolute Gasteiger partial charge is 0.416 e. The number of aliphatic carboxylic acids is 1. The van der Waals surface area contributed by atoms with E-state index in [0.717, 1.165) is 24.3 Å². The molecule has 0 atom stereocenters. The second kappa shape index (κ2) is 4.82. The van der Waals surface area contributed by atoms with Crippen molar-refractivity contribution in [2.24, 2.45) is 0 Å². The highest BCUT2D eigenvalue weighted by atomic mass is 19.4. The first-order chi connectivity index (χ1) is 7.84. The Bertz CT molecular complexity index is 475. The van der Waals surface area contributed by atoms with Crippen LogP contribution in [0.1, 0.15) is 21.5 Å². The van der Waals surface area contributed by atoms with Crippen molar-refractivity contribution in [2.45, 2.75) is 6.18 Å². The standard InChI is InChI=1S/C11H7F3O3/c12-11(13,14)9-3-1-8(6-15)7(5-9)2-4-10(16)17/h1-6H,(H,16,17). The fourth-order valence-corrected chi connectivity index (χ4v) is 1.16. The van der Waals surface area contributed by atoms with Crippen molar-refractivity contribution in [3.8, 4) is 0 Å². The predicted octanol–water partition coefficient (Wildman–Crippen LogP) is 2.62. The molecular weight excluding hydrogens is 237 g/mol. The molecule has 1 aromatic carbocycles. The number of benzene rings is 1. The molecule has 0 aromatic heterocycles. The maximum atomic E-state index is 12.4. The summed E-state index contributed by atoms with van der Waals surface area (Å²) in [5.41, 5.74) is -1.03. The van der Waals surface area contributed by atoms with Gasteiger partial charge in [0.05, 0.1) is 5.56 Å². The maximum absolute atomic E-state index is 12.4. The van der Waals surface area contributed by atoms with Crippen LogP contribution in [-0.4, -0.2) is 17.4 Å². The van der Waals surface area contributed by atoms with Crippen LogP contribution in [0, 0.1) is 0 Å². The lowest BCUT2D eigenvalue weighted by Gasteiger charge is -2.08. The molecule has 3 nitrogen and oxygen atoms in total. The van der Waals surface area contributed by atoms with Gasteiger partial charge in [-0.1, -0.05) is 6.07 Å². The van der Waals surface area contributed by atoms with Gasteiger partial charge in [0.15, 0.2) is 6.29 Å². The number of hydrogen-bond donors (Lipinski definition) is 1. The maximum Gasteiger partial charge on any atom is 0.416 e. The summed E-state index contributed by atoms with van der Waals surface area (Å²) in [6, 6.07) is 2.49. The van der Waals surface area contributed by atoms with Crippen LogP contribution in [0.2, 0.25) is 0 Å². The number of rotatable bonds is 3. The van der Waals surface area contributed by atoms with E-state index in [1.165, 1.54) is 0 Å². The molecule has 0 saturated heterocycles. The minimum Gasteiger partial charge on any atom is -0.478 e. The molecule has 1 aromatic rings. The number of carboxylic acids is 1. The third-order valence-corrected chi connectivity index (χ3v) is 1.95. The summed E-state index contributed by atoms with van der Waals surface area (Å²) in [5.74, 6) is -1.31. The number of carbonyl (C=O) groups excluding carboxylic acids is 1. The Balaban J connectivity index is 3.25. The zero-order valence-electron chi connectivity index (χ0n) is 8.36. The van der Waals surface area contributed by atoms with Crippen LogP contribution in [0.25, 0.3) is 6.08 Å². The van der Waals surface area contributed by atoms with Crippen LogP contribution >= 0.6 is 0 Å². The third kappa shape index (κ3) is 3.44. The Labute approximate surface area is 94.2 Å². The van der Waals surface area contributed by atoms with E-state index in [1.54, 1.807) is 0 Å². The predicted molar refractivity (Wildman–Crippen MR) is 53.5 cm³/mol. The molecule has 1 N–H and O–H groups in total. The van der Waals surface area contributed by atoms with Gasteiger partial charge in [0.25, 0.3) is 0 Å². The molecule has 0 radical (unpaired) electrons. The summed E-state index contributed by atoms with van der Waals surface area (Å²) in [5, 5.41) is 8.37. The minimum absolute atomic E-state index is 0.00417. The van der Waals surface area contributed by atoms with E-state index in [0.29, 0.717) is 12.4 Å². The summed E-state index contributed by atoms with van der Waals surface area (Å²) in [6.07, 6.45) is -2.56. The zero-order valence-corrected chi connectivity index (χ0v) is 8.36. The van der Waals surface area contributed by atoms with E-state index in [4.69, 9.17) is 5.11 Å². The molecule has 0 spiro atoms. The third-order valence-electron chi connectivity index (χ3n) is 1.95.